The highest BCUT2D eigenvalue weighted by molar-refractivity contribution is 6.12. The quantitative estimate of drug-likeness (QED) is 0.570. The zero-order chi connectivity index (χ0) is 25.3. The van der Waals surface area contributed by atoms with E-state index in [4.69, 9.17) is 4.74 Å². The van der Waals surface area contributed by atoms with E-state index in [0.717, 1.165) is 49.7 Å². The zero-order valence-electron chi connectivity index (χ0n) is 21.0. The molecular formula is C27H32N6O3. The summed E-state index contributed by atoms with van der Waals surface area (Å²) >= 11 is 0. The molecule has 1 N–H and O–H groups in total. The third-order valence-electron chi connectivity index (χ3n) is 6.39. The van der Waals surface area contributed by atoms with Crippen LogP contribution in [0, 0.1) is 0 Å². The predicted octanol–water partition coefficient (Wildman–Crippen LogP) is 2.69. The number of rotatable bonds is 6. The molecule has 0 atom stereocenters. The van der Waals surface area contributed by atoms with E-state index in [1.807, 2.05) is 18.1 Å². The number of morpholine rings is 1. The summed E-state index contributed by atoms with van der Waals surface area (Å²) in [4.78, 5) is 26.5. The fourth-order valence-electron chi connectivity index (χ4n) is 4.68. The summed E-state index contributed by atoms with van der Waals surface area (Å²) in [5.41, 5.74) is 4.34. The largest absolute Gasteiger partial charge is 0.389 e. The molecule has 2 aliphatic heterocycles. The lowest BCUT2D eigenvalue weighted by Crippen LogP contribution is -2.40. The lowest BCUT2D eigenvalue weighted by atomic mass is 10.1. The molecule has 3 aromatic rings. The predicted molar refractivity (Wildman–Crippen MR) is 138 cm³/mol. The summed E-state index contributed by atoms with van der Waals surface area (Å²) in [5, 5.41) is 14.8. The number of amidine groups is 1. The number of aliphatic imine (C=N–C) groups is 1. The number of anilines is 1. The van der Waals surface area contributed by atoms with Gasteiger partial charge in [-0.25, -0.2) is 0 Å². The van der Waals surface area contributed by atoms with Crippen LogP contribution in [0.4, 0.5) is 5.69 Å². The van der Waals surface area contributed by atoms with Gasteiger partial charge in [0.25, 0.3) is 5.91 Å². The van der Waals surface area contributed by atoms with Crippen molar-refractivity contribution in [1.82, 2.24) is 19.7 Å². The van der Waals surface area contributed by atoms with Gasteiger partial charge in [0.1, 0.15) is 5.84 Å². The second-order valence-corrected chi connectivity index (χ2v) is 10.1. The van der Waals surface area contributed by atoms with E-state index in [1.54, 1.807) is 43.1 Å². The average molecular weight is 489 g/mol. The van der Waals surface area contributed by atoms with Gasteiger partial charge in [0.05, 0.1) is 37.3 Å². The van der Waals surface area contributed by atoms with Crippen LogP contribution >= 0.6 is 0 Å². The standard InChI is InChI=1S/C27H32N6O3/c1-27(2,35)18-33-24-5-4-19(16-32-8-10-36-11-9-32)12-21(24)14-25(33)30-26(34)20-6-7-28-23(13-20)22-15-29-31(3)17-22/h4-7,12-13,15,17,35H,8-11,14,16,18H2,1-3H3. The Morgan fingerprint density at radius 3 is 2.72 bits per heavy atom. The van der Waals surface area contributed by atoms with Crippen molar-refractivity contribution in [3.05, 3.63) is 65.6 Å². The first-order valence-electron chi connectivity index (χ1n) is 12.2. The van der Waals surface area contributed by atoms with E-state index in [1.165, 1.54) is 5.56 Å². The first-order valence-corrected chi connectivity index (χ1v) is 12.2. The normalized spacial score (nSPS) is 17.6. The summed E-state index contributed by atoms with van der Waals surface area (Å²) in [6.45, 7) is 8.11. The number of ether oxygens (including phenoxy) is 1. The van der Waals surface area contributed by atoms with Crippen LogP contribution in [0.15, 0.2) is 53.9 Å². The Morgan fingerprint density at radius 2 is 2.00 bits per heavy atom. The highest BCUT2D eigenvalue weighted by atomic mass is 16.5. The van der Waals surface area contributed by atoms with Crippen molar-refractivity contribution in [2.75, 3.05) is 37.7 Å². The van der Waals surface area contributed by atoms with Crippen molar-refractivity contribution in [2.24, 2.45) is 12.0 Å². The number of carbonyl (C=O) groups excluding carboxylic acids is 1. The minimum absolute atomic E-state index is 0.334. The monoisotopic (exact) mass is 488 g/mol. The fraction of sp³-hybridized carbons (Fsp3) is 0.407. The molecule has 4 heterocycles. The first kappa shape index (κ1) is 24.3. The molecule has 1 fully saturated rings. The van der Waals surface area contributed by atoms with Crippen LogP contribution < -0.4 is 4.90 Å². The van der Waals surface area contributed by atoms with Crippen molar-refractivity contribution in [1.29, 1.82) is 0 Å². The second kappa shape index (κ2) is 9.93. The lowest BCUT2D eigenvalue weighted by molar-refractivity contribution is 0.0342. The van der Waals surface area contributed by atoms with Crippen LogP contribution in [0.1, 0.15) is 35.3 Å². The van der Waals surface area contributed by atoms with E-state index in [9.17, 15) is 9.90 Å². The van der Waals surface area contributed by atoms with E-state index in [0.29, 0.717) is 30.1 Å². The molecule has 2 aromatic heterocycles. The number of hydrogen-bond acceptors (Lipinski definition) is 6. The number of β-amino-alcohol motifs (C(OH)–C–C–N with tert-alkyl or cyclic N) is 1. The number of nitrogens with zero attached hydrogens (tertiary/aromatic N) is 6. The molecule has 0 aliphatic carbocycles. The van der Waals surface area contributed by atoms with Gasteiger partial charge in [-0.15, -0.1) is 0 Å². The Labute approximate surface area is 211 Å². The maximum Gasteiger partial charge on any atom is 0.278 e. The van der Waals surface area contributed by atoms with Crippen LogP contribution in [0.3, 0.4) is 0 Å². The number of aromatic nitrogens is 3. The van der Waals surface area contributed by atoms with Crippen molar-refractivity contribution >= 4 is 17.4 Å². The highest BCUT2D eigenvalue weighted by Crippen LogP contribution is 2.32. The van der Waals surface area contributed by atoms with Gasteiger partial charge in [0.15, 0.2) is 0 Å². The van der Waals surface area contributed by atoms with E-state index in [2.05, 4.69) is 38.2 Å². The Morgan fingerprint density at radius 1 is 1.19 bits per heavy atom. The number of hydrogen-bond donors (Lipinski definition) is 1. The number of aliphatic hydroxyl groups is 1. The van der Waals surface area contributed by atoms with Gasteiger partial charge < -0.3 is 14.7 Å². The molecule has 36 heavy (non-hydrogen) atoms. The second-order valence-electron chi connectivity index (χ2n) is 10.1. The smallest absolute Gasteiger partial charge is 0.278 e. The van der Waals surface area contributed by atoms with Gasteiger partial charge in [0, 0.05) is 62.3 Å². The molecule has 5 rings (SSSR count). The number of carbonyl (C=O) groups is 1. The summed E-state index contributed by atoms with van der Waals surface area (Å²) in [5.74, 6) is 0.306. The Bertz CT molecular complexity index is 1290. The minimum atomic E-state index is -0.956. The fourth-order valence-corrected chi connectivity index (χ4v) is 4.68. The van der Waals surface area contributed by atoms with Gasteiger partial charge >= 0.3 is 0 Å². The number of benzene rings is 1. The Balaban J connectivity index is 1.41. The van der Waals surface area contributed by atoms with Crippen LogP contribution in [0.5, 0.6) is 0 Å². The molecule has 0 bridgehead atoms. The van der Waals surface area contributed by atoms with E-state index in [-0.39, 0.29) is 5.91 Å². The number of pyridine rings is 1. The third-order valence-corrected chi connectivity index (χ3v) is 6.39. The molecule has 1 aromatic carbocycles. The van der Waals surface area contributed by atoms with Crippen LogP contribution in [-0.2, 0) is 24.8 Å². The molecule has 188 valence electrons. The Kier molecular flexibility index (Phi) is 6.70. The van der Waals surface area contributed by atoms with Crippen LogP contribution in [0.25, 0.3) is 11.3 Å². The summed E-state index contributed by atoms with van der Waals surface area (Å²) < 4.78 is 7.16. The van der Waals surface area contributed by atoms with Crippen molar-refractivity contribution in [2.45, 2.75) is 32.4 Å². The molecule has 2 aliphatic rings. The highest BCUT2D eigenvalue weighted by Gasteiger charge is 2.31. The van der Waals surface area contributed by atoms with Crippen molar-refractivity contribution in [3.8, 4) is 11.3 Å². The van der Waals surface area contributed by atoms with E-state index >= 15 is 0 Å². The molecule has 9 nitrogen and oxygen atoms in total. The average Bonchev–Trinajstić information content (AvgIpc) is 3.42. The van der Waals surface area contributed by atoms with Crippen molar-refractivity contribution < 1.29 is 14.6 Å². The number of amides is 1. The van der Waals surface area contributed by atoms with Gasteiger partial charge in [-0.2, -0.15) is 10.1 Å². The zero-order valence-corrected chi connectivity index (χ0v) is 21.0. The SMILES string of the molecule is Cn1cc(-c2cc(C(=O)N=C3Cc4cc(CN5CCOCC5)ccc4N3CC(C)(C)O)ccn2)cn1. The molecule has 1 amide bonds. The van der Waals surface area contributed by atoms with Gasteiger partial charge in [-0.1, -0.05) is 12.1 Å². The summed E-state index contributed by atoms with van der Waals surface area (Å²) in [6.07, 6.45) is 5.73. The molecule has 0 saturated carbocycles. The van der Waals surface area contributed by atoms with Gasteiger partial charge in [-0.05, 0) is 43.2 Å². The molecule has 0 radical (unpaired) electrons. The van der Waals surface area contributed by atoms with Crippen LogP contribution in [-0.4, -0.2) is 75.0 Å². The molecule has 9 heteroatoms. The van der Waals surface area contributed by atoms with Gasteiger partial charge in [-0.3, -0.25) is 19.4 Å². The van der Waals surface area contributed by atoms with Gasteiger partial charge in [0.2, 0.25) is 0 Å². The minimum Gasteiger partial charge on any atom is -0.389 e. The molecule has 1 saturated heterocycles. The van der Waals surface area contributed by atoms with Crippen LogP contribution in [0.2, 0.25) is 0 Å². The number of fused-ring (bicyclic) bond motifs is 1. The van der Waals surface area contributed by atoms with Crippen molar-refractivity contribution in [3.63, 3.8) is 0 Å². The Hall–Kier alpha value is -3.40. The maximum atomic E-state index is 13.2. The summed E-state index contributed by atoms with van der Waals surface area (Å²) in [7, 11) is 1.84. The molecular weight excluding hydrogens is 456 g/mol. The molecule has 0 spiro atoms. The maximum absolute atomic E-state index is 13.2. The number of aryl methyl sites for hydroxylation is 1. The molecule has 0 unspecified atom stereocenters. The van der Waals surface area contributed by atoms with E-state index < -0.39 is 5.60 Å². The first-order chi connectivity index (χ1) is 17.2. The third kappa shape index (κ3) is 5.53. The summed E-state index contributed by atoms with van der Waals surface area (Å²) in [6, 6.07) is 9.82. The topological polar surface area (TPSA) is 96.1 Å². The lowest BCUT2D eigenvalue weighted by Gasteiger charge is -2.28.